The predicted molar refractivity (Wildman–Crippen MR) is 233 cm³/mol. The molecule has 0 unspecified atom stereocenters. The van der Waals surface area contributed by atoms with E-state index in [9.17, 15) is 19.2 Å². The van der Waals surface area contributed by atoms with Crippen LogP contribution in [0.4, 0.5) is 8.78 Å². The summed E-state index contributed by atoms with van der Waals surface area (Å²) >= 11 is 12.2. The number of esters is 1. The standard InChI is InChI=1S/C25H23ClFNO4.C23H20ClFN2O3/c1-3-32-25(30)21(29)11-10-20-9-7-16(15-28-20)13-18-8-12-22(31-2)23(24(18)27)17-5-4-6-19(26)14-17;1-30-20-10-6-16(22(25)21(20)15-3-2-4-17(24)12-15)11-14-5-7-18(27-13-14)8-9-19(28)23(26)29/h4-9,12,14-15H,3,10-11,13H2,1-2H3;2-7,10,12-13H,8-9,11H2,1H3,(H2,26,29). The molecule has 6 rings (SSSR count). The molecule has 0 aliphatic rings. The third kappa shape index (κ3) is 12.5. The van der Waals surface area contributed by atoms with Crippen molar-refractivity contribution in [3.8, 4) is 33.8 Å². The maximum Gasteiger partial charge on any atom is 0.374 e. The Kier molecular flexibility index (Phi) is 16.8. The molecule has 4 aromatic carbocycles. The number of primary amides is 1. The van der Waals surface area contributed by atoms with Gasteiger partial charge in [-0.05, 0) is 102 Å². The lowest BCUT2D eigenvalue weighted by atomic mass is 9.97. The van der Waals surface area contributed by atoms with Gasteiger partial charge in [0.05, 0.1) is 32.0 Å². The van der Waals surface area contributed by atoms with Crippen molar-refractivity contribution in [1.82, 2.24) is 9.97 Å². The van der Waals surface area contributed by atoms with Crippen molar-refractivity contribution in [2.24, 2.45) is 5.73 Å². The SMILES string of the molecule is CCOC(=O)C(=O)CCc1ccc(Cc2ccc(OC)c(-c3cccc(Cl)c3)c2F)cn1.COc1ccc(Cc2ccc(CCC(=O)C(N)=O)nc2)c(F)c1-c1cccc(Cl)c1. The second kappa shape index (κ2) is 22.4. The summed E-state index contributed by atoms with van der Waals surface area (Å²) < 4.78 is 46.2. The highest BCUT2D eigenvalue weighted by Crippen LogP contribution is 2.37. The number of aromatic nitrogens is 2. The van der Waals surface area contributed by atoms with E-state index in [4.69, 9.17) is 43.1 Å². The number of halogens is 4. The number of carbonyl (C=O) groups excluding carboxylic acids is 4. The van der Waals surface area contributed by atoms with Crippen LogP contribution in [0.25, 0.3) is 22.3 Å². The summed E-state index contributed by atoms with van der Waals surface area (Å²) in [6, 6.07) is 27.9. The molecular weight excluding hydrogens is 839 g/mol. The van der Waals surface area contributed by atoms with Gasteiger partial charge in [-0.3, -0.25) is 24.4 Å². The normalized spacial score (nSPS) is 10.6. The molecule has 320 valence electrons. The van der Waals surface area contributed by atoms with Gasteiger partial charge in [-0.2, -0.15) is 0 Å². The molecule has 0 saturated carbocycles. The molecule has 10 nitrogen and oxygen atoms in total. The molecule has 0 aliphatic heterocycles. The average molecular weight is 883 g/mol. The number of nitrogens with two attached hydrogens (primary N) is 1. The number of hydrogen-bond acceptors (Lipinski definition) is 9. The molecule has 0 aliphatic carbocycles. The number of methoxy groups -OCH3 is 2. The summed E-state index contributed by atoms with van der Waals surface area (Å²) in [7, 11) is 2.99. The maximum atomic E-state index is 15.4. The molecule has 2 aromatic heterocycles. The second-order valence-electron chi connectivity index (χ2n) is 13.9. The third-order valence-corrected chi connectivity index (χ3v) is 10.1. The Morgan fingerprint density at radius 3 is 1.45 bits per heavy atom. The fraction of sp³-hybridized carbons (Fsp3) is 0.208. The Bertz CT molecular complexity index is 2550. The molecule has 0 spiro atoms. The largest absolute Gasteiger partial charge is 0.496 e. The lowest BCUT2D eigenvalue weighted by molar-refractivity contribution is -0.153. The molecule has 14 heteroatoms. The number of aryl methyl sites for hydroxylation is 2. The number of rotatable bonds is 17. The molecule has 62 heavy (non-hydrogen) atoms. The third-order valence-electron chi connectivity index (χ3n) is 9.59. The van der Waals surface area contributed by atoms with Crippen LogP contribution in [0, 0.1) is 11.6 Å². The first-order chi connectivity index (χ1) is 29.8. The number of Topliss-reactive ketones (excluding diaryl/α,β-unsaturated/α-hetero) is 2. The number of benzene rings is 4. The first-order valence-electron chi connectivity index (χ1n) is 19.4. The van der Waals surface area contributed by atoms with Crippen LogP contribution in [0.2, 0.25) is 10.0 Å². The molecule has 0 radical (unpaired) electrons. The smallest absolute Gasteiger partial charge is 0.374 e. The van der Waals surface area contributed by atoms with Crippen LogP contribution in [0.5, 0.6) is 11.5 Å². The topological polar surface area (TPSA) is 148 Å². The van der Waals surface area contributed by atoms with Gasteiger partial charge >= 0.3 is 5.97 Å². The number of nitrogens with zero attached hydrogens (tertiary/aromatic N) is 2. The van der Waals surface area contributed by atoms with Crippen LogP contribution in [-0.4, -0.2) is 54.2 Å². The van der Waals surface area contributed by atoms with Crippen molar-refractivity contribution >= 4 is 46.6 Å². The number of hydrogen-bond donors (Lipinski definition) is 1. The summed E-state index contributed by atoms with van der Waals surface area (Å²) in [5.41, 5.74) is 10.8. The van der Waals surface area contributed by atoms with Crippen molar-refractivity contribution in [3.63, 3.8) is 0 Å². The number of ether oxygens (including phenoxy) is 3. The zero-order valence-corrected chi connectivity index (χ0v) is 35.7. The Labute approximate surface area is 368 Å². The van der Waals surface area contributed by atoms with Crippen molar-refractivity contribution in [1.29, 1.82) is 0 Å². The summed E-state index contributed by atoms with van der Waals surface area (Å²) in [5.74, 6) is -2.89. The highest BCUT2D eigenvalue weighted by atomic mass is 35.5. The number of carbonyl (C=O) groups is 4. The fourth-order valence-electron chi connectivity index (χ4n) is 6.42. The lowest BCUT2D eigenvalue weighted by Crippen LogP contribution is -2.23. The number of pyridine rings is 2. The first kappa shape index (κ1) is 46.6. The van der Waals surface area contributed by atoms with E-state index in [-0.39, 0.29) is 31.1 Å². The van der Waals surface area contributed by atoms with Crippen LogP contribution in [0.15, 0.2) is 109 Å². The van der Waals surface area contributed by atoms with Gasteiger partial charge in [0, 0.05) is 59.5 Å². The number of ketones is 2. The minimum absolute atomic E-state index is 0.0117. The minimum atomic E-state index is -0.947. The van der Waals surface area contributed by atoms with Crippen LogP contribution in [0.3, 0.4) is 0 Å². The molecule has 6 aromatic rings. The molecular formula is C48H43Cl2F2N3O7. The Morgan fingerprint density at radius 1 is 0.629 bits per heavy atom. The average Bonchev–Trinajstić information content (AvgIpc) is 3.27. The summed E-state index contributed by atoms with van der Waals surface area (Å²) in [6.45, 7) is 1.81. The minimum Gasteiger partial charge on any atom is -0.496 e. The molecule has 2 heterocycles. The predicted octanol–water partition coefficient (Wildman–Crippen LogP) is 9.33. The first-order valence-corrected chi connectivity index (χ1v) is 20.2. The van der Waals surface area contributed by atoms with E-state index in [1.165, 1.54) is 14.2 Å². The highest BCUT2D eigenvalue weighted by molar-refractivity contribution is 6.35. The zero-order valence-electron chi connectivity index (χ0n) is 34.2. The number of amides is 1. The lowest BCUT2D eigenvalue weighted by Gasteiger charge is -2.14. The van der Waals surface area contributed by atoms with Crippen LogP contribution in [0.1, 0.15) is 53.4 Å². The van der Waals surface area contributed by atoms with Crippen molar-refractivity contribution in [2.45, 2.75) is 45.4 Å². The molecule has 2 N–H and O–H groups in total. The maximum absolute atomic E-state index is 15.4. The second-order valence-corrected chi connectivity index (χ2v) is 14.7. The quantitative estimate of drug-likeness (QED) is 0.0699. The summed E-state index contributed by atoms with van der Waals surface area (Å²) in [5, 5.41) is 1.02. The van der Waals surface area contributed by atoms with Gasteiger partial charge < -0.3 is 19.9 Å². The Hall–Kier alpha value is -6.50. The van der Waals surface area contributed by atoms with Gasteiger partial charge in [0.25, 0.3) is 5.91 Å². The van der Waals surface area contributed by atoms with Gasteiger partial charge in [0.1, 0.15) is 23.1 Å². The van der Waals surface area contributed by atoms with E-state index in [0.717, 1.165) is 11.1 Å². The molecule has 0 fully saturated rings. The van der Waals surface area contributed by atoms with E-state index in [1.807, 2.05) is 12.1 Å². The summed E-state index contributed by atoms with van der Waals surface area (Å²) in [6.07, 6.45) is 4.62. The van der Waals surface area contributed by atoms with Gasteiger partial charge in [-0.1, -0.05) is 71.7 Å². The van der Waals surface area contributed by atoms with Gasteiger partial charge in [-0.15, -0.1) is 0 Å². The van der Waals surface area contributed by atoms with Crippen molar-refractivity contribution in [3.05, 3.63) is 165 Å². The van der Waals surface area contributed by atoms with Crippen LogP contribution in [-0.2, 0) is 49.6 Å². The Morgan fingerprint density at radius 2 is 1.08 bits per heavy atom. The van der Waals surface area contributed by atoms with Crippen molar-refractivity contribution < 1.29 is 42.2 Å². The summed E-state index contributed by atoms with van der Waals surface area (Å²) in [4.78, 5) is 53.9. The van der Waals surface area contributed by atoms with E-state index in [1.54, 1.807) is 104 Å². The Balaban J connectivity index is 0.000000235. The van der Waals surface area contributed by atoms with Crippen molar-refractivity contribution in [2.75, 3.05) is 20.8 Å². The van der Waals surface area contributed by atoms with E-state index >= 15 is 8.78 Å². The fourth-order valence-corrected chi connectivity index (χ4v) is 6.80. The van der Waals surface area contributed by atoms with Gasteiger partial charge in [-0.25, -0.2) is 13.6 Å². The van der Waals surface area contributed by atoms with Crippen LogP contribution >= 0.6 is 23.2 Å². The monoisotopic (exact) mass is 881 g/mol. The zero-order chi connectivity index (χ0) is 44.8. The van der Waals surface area contributed by atoms with E-state index in [2.05, 4.69) is 9.97 Å². The van der Waals surface area contributed by atoms with Gasteiger partial charge in [0.15, 0.2) is 0 Å². The molecule has 0 saturated heterocycles. The molecule has 0 atom stereocenters. The van der Waals surface area contributed by atoms with Gasteiger partial charge in [0.2, 0.25) is 11.6 Å². The van der Waals surface area contributed by atoms with E-state index < -0.39 is 23.4 Å². The molecule has 0 bridgehead atoms. The highest BCUT2D eigenvalue weighted by Gasteiger charge is 2.19. The molecule has 1 amide bonds. The van der Waals surface area contributed by atoms with E-state index in [0.29, 0.717) is 92.0 Å². The van der Waals surface area contributed by atoms with Crippen LogP contribution < -0.4 is 15.2 Å².